The molecule has 1 fully saturated rings. The lowest BCUT2D eigenvalue weighted by Crippen LogP contribution is -2.38. The molecule has 0 bridgehead atoms. The minimum Gasteiger partial charge on any atom is -0.399 e. The summed E-state index contributed by atoms with van der Waals surface area (Å²) in [4.78, 5) is 13.2. The van der Waals surface area contributed by atoms with Crippen molar-refractivity contribution < 1.29 is 13.2 Å². The van der Waals surface area contributed by atoms with Gasteiger partial charge >= 0.3 is 0 Å². The second kappa shape index (κ2) is 6.39. The van der Waals surface area contributed by atoms with E-state index < -0.39 is 10.0 Å². The standard InChI is InChI=1S/C12H15Cl2N3O3S/c13-9-5-8(15)6-10(14)12(9)21(19,20)16-7-11(18)17-3-1-2-4-17/h5-6,16H,1-4,7,15H2. The summed E-state index contributed by atoms with van der Waals surface area (Å²) < 4.78 is 26.7. The van der Waals surface area contributed by atoms with Crippen LogP contribution in [0.5, 0.6) is 0 Å². The fourth-order valence-electron chi connectivity index (χ4n) is 2.14. The predicted octanol–water partition coefficient (Wildman–Crippen LogP) is 1.48. The number of nitrogens with two attached hydrogens (primary N) is 1. The molecule has 9 heteroatoms. The van der Waals surface area contributed by atoms with E-state index in [0.29, 0.717) is 13.1 Å². The lowest BCUT2D eigenvalue weighted by molar-refractivity contribution is -0.128. The Morgan fingerprint density at radius 2 is 1.76 bits per heavy atom. The Labute approximate surface area is 133 Å². The van der Waals surface area contributed by atoms with Crippen molar-refractivity contribution in [2.24, 2.45) is 0 Å². The van der Waals surface area contributed by atoms with Crippen molar-refractivity contribution in [3.8, 4) is 0 Å². The van der Waals surface area contributed by atoms with Crippen molar-refractivity contribution in [1.82, 2.24) is 9.62 Å². The van der Waals surface area contributed by atoms with E-state index in [9.17, 15) is 13.2 Å². The van der Waals surface area contributed by atoms with Gasteiger partial charge in [-0.1, -0.05) is 23.2 Å². The number of nitrogens with zero attached hydrogens (tertiary/aromatic N) is 1. The van der Waals surface area contributed by atoms with Crippen molar-refractivity contribution in [2.45, 2.75) is 17.7 Å². The molecular weight excluding hydrogens is 337 g/mol. The zero-order valence-electron chi connectivity index (χ0n) is 11.1. The van der Waals surface area contributed by atoms with Crippen LogP contribution in [0.3, 0.4) is 0 Å². The Bertz CT molecular complexity index is 635. The second-order valence-corrected chi connectivity index (χ2v) is 7.24. The highest BCUT2D eigenvalue weighted by Gasteiger charge is 2.25. The lowest BCUT2D eigenvalue weighted by Gasteiger charge is -2.16. The summed E-state index contributed by atoms with van der Waals surface area (Å²) in [6, 6.07) is 2.59. The summed E-state index contributed by atoms with van der Waals surface area (Å²) in [7, 11) is -3.98. The van der Waals surface area contributed by atoms with Gasteiger partial charge in [-0.15, -0.1) is 0 Å². The fraction of sp³-hybridized carbons (Fsp3) is 0.417. The summed E-state index contributed by atoms with van der Waals surface area (Å²) >= 11 is 11.8. The van der Waals surface area contributed by atoms with Gasteiger partial charge in [0.15, 0.2) is 0 Å². The van der Waals surface area contributed by atoms with Gasteiger partial charge in [0.1, 0.15) is 4.90 Å². The third-order valence-corrected chi connectivity index (χ3v) is 5.48. The number of carbonyl (C=O) groups excluding carboxylic acids is 1. The van der Waals surface area contributed by atoms with E-state index in [4.69, 9.17) is 28.9 Å². The molecule has 0 aromatic heterocycles. The van der Waals surface area contributed by atoms with Crippen molar-refractivity contribution in [2.75, 3.05) is 25.4 Å². The number of amides is 1. The van der Waals surface area contributed by atoms with E-state index >= 15 is 0 Å². The Balaban J connectivity index is 2.13. The number of hydrogen-bond donors (Lipinski definition) is 2. The topological polar surface area (TPSA) is 92.5 Å². The highest BCUT2D eigenvalue weighted by molar-refractivity contribution is 7.89. The minimum absolute atomic E-state index is 0.0823. The first-order chi connectivity index (χ1) is 9.81. The molecule has 1 aromatic carbocycles. The van der Waals surface area contributed by atoms with Gasteiger partial charge in [0.05, 0.1) is 16.6 Å². The number of carbonyl (C=O) groups is 1. The normalized spacial score (nSPS) is 15.4. The molecule has 0 saturated carbocycles. The zero-order chi connectivity index (χ0) is 15.6. The average Bonchev–Trinajstić information content (AvgIpc) is 2.88. The highest BCUT2D eigenvalue weighted by Crippen LogP contribution is 2.31. The molecule has 0 radical (unpaired) electrons. The summed E-state index contributed by atoms with van der Waals surface area (Å²) in [6.45, 7) is 0.993. The van der Waals surface area contributed by atoms with Crippen LogP contribution in [-0.2, 0) is 14.8 Å². The molecule has 6 nitrogen and oxygen atoms in total. The van der Waals surface area contributed by atoms with Gasteiger partial charge in [-0.25, -0.2) is 13.1 Å². The van der Waals surface area contributed by atoms with Gasteiger partial charge in [-0.05, 0) is 25.0 Å². The number of anilines is 1. The maximum atomic E-state index is 12.2. The Kier molecular flexibility index (Phi) is 4.98. The number of nitrogens with one attached hydrogen (secondary N) is 1. The van der Waals surface area contributed by atoms with E-state index in [1.165, 1.54) is 12.1 Å². The van der Waals surface area contributed by atoms with E-state index in [0.717, 1.165) is 12.8 Å². The summed E-state index contributed by atoms with van der Waals surface area (Å²) in [5.41, 5.74) is 5.79. The Morgan fingerprint density at radius 1 is 1.24 bits per heavy atom. The van der Waals surface area contributed by atoms with E-state index in [-0.39, 0.29) is 33.1 Å². The molecule has 1 heterocycles. The molecular formula is C12H15Cl2N3O3S. The van der Waals surface area contributed by atoms with Crippen molar-refractivity contribution in [1.29, 1.82) is 0 Å². The Morgan fingerprint density at radius 3 is 2.29 bits per heavy atom. The second-order valence-electron chi connectivity index (χ2n) is 4.73. The number of nitrogen functional groups attached to an aromatic ring is 1. The monoisotopic (exact) mass is 351 g/mol. The van der Waals surface area contributed by atoms with Gasteiger partial charge in [0.25, 0.3) is 0 Å². The number of rotatable bonds is 4. The first-order valence-electron chi connectivity index (χ1n) is 6.33. The predicted molar refractivity (Wildman–Crippen MR) is 81.9 cm³/mol. The molecule has 2 rings (SSSR count). The van der Waals surface area contributed by atoms with Crippen LogP contribution >= 0.6 is 23.2 Å². The number of benzene rings is 1. The summed E-state index contributed by atoms with van der Waals surface area (Å²) in [5, 5.41) is -0.165. The van der Waals surface area contributed by atoms with Crippen molar-refractivity contribution in [3.63, 3.8) is 0 Å². The first-order valence-corrected chi connectivity index (χ1v) is 8.57. The summed E-state index contributed by atoms with van der Waals surface area (Å²) in [6.07, 6.45) is 1.88. The van der Waals surface area contributed by atoms with Gasteiger partial charge < -0.3 is 10.6 Å². The number of hydrogen-bond acceptors (Lipinski definition) is 4. The molecule has 1 aliphatic rings. The molecule has 1 amide bonds. The number of halogens is 2. The largest absolute Gasteiger partial charge is 0.399 e. The highest BCUT2D eigenvalue weighted by atomic mass is 35.5. The SMILES string of the molecule is Nc1cc(Cl)c(S(=O)(=O)NCC(=O)N2CCCC2)c(Cl)c1. The molecule has 21 heavy (non-hydrogen) atoms. The smallest absolute Gasteiger partial charge is 0.244 e. The average molecular weight is 352 g/mol. The van der Waals surface area contributed by atoms with Crippen LogP contribution in [0.15, 0.2) is 17.0 Å². The molecule has 1 saturated heterocycles. The third-order valence-electron chi connectivity index (χ3n) is 3.16. The third kappa shape index (κ3) is 3.79. The van der Waals surface area contributed by atoms with Gasteiger partial charge in [-0.3, -0.25) is 4.79 Å². The fourth-order valence-corrected chi connectivity index (χ4v) is 4.35. The Hall–Kier alpha value is -1.02. The number of sulfonamides is 1. The molecule has 116 valence electrons. The van der Waals surface area contributed by atoms with Crippen LogP contribution in [0.1, 0.15) is 12.8 Å². The van der Waals surface area contributed by atoms with Crippen LogP contribution in [0, 0.1) is 0 Å². The quantitative estimate of drug-likeness (QED) is 0.803. The van der Waals surface area contributed by atoms with Gasteiger partial charge in [0.2, 0.25) is 15.9 Å². The maximum Gasteiger partial charge on any atom is 0.244 e. The lowest BCUT2D eigenvalue weighted by atomic mass is 10.3. The van der Waals surface area contributed by atoms with Gasteiger partial charge in [0, 0.05) is 18.8 Å². The number of likely N-dealkylation sites (tertiary alicyclic amines) is 1. The molecule has 0 spiro atoms. The van der Waals surface area contributed by atoms with Gasteiger partial charge in [-0.2, -0.15) is 0 Å². The molecule has 1 aromatic rings. The van der Waals surface area contributed by atoms with Crippen LogP contribution in [0.25, 0.3) is 0 Å². The van der Waals surface area contributed by atoms with E-state index in [2.05, 4.69) is 4.72 Å². The molecule has 0 aliphatic carbocycles. The van der Waals surface area contributed by atoms with E-state index in [1.807, 2.05) is 0 Å². The van der Waals surface area contributed by atoms with Crippen LogP contribution < -0.4 is 10.5 Å². The molecule has 3 N–H and O–H groups in total. The first kappa shape index (κ1) is 16.4. The molecule has 0 atom stereocenters. The maximum absolute atomic E-state index is 12.2. The zero-order valence-corrected chi connectivity index (χ0v) is 13.4. The van der Waals surface area contributed by atoms with Crippen LogP contribution in [0.4, 0.5) is 5.69 Å². The van der Waals surface area contributed by atoms with Crippen molar-refractivity contribution >= 4 is 44.8 Å². The molecule has 1 aliphatic heterocycles. The van der Waals surface area contributed by atoms with E-state index in [1.54, 1.807) is 4.90 Å². The van der Waals surface area contributed by atoms with Crippen molar-refractivity contribution in [3.05, 3.63) is 22.2 Å². The summed E-state index contributed by atoms with van der Waals surface area (Å²) in [5.74, 6) is -0.265. The molecule has 0 unspecified atom stereocenters. The van der Waals surface area contributed by atoms with Crippen LogP contribution in [-0.4, -0.2) is 38.9 Å². The van der Waals surface area contributed by atoms with Crippen LogP contribution in [0.2, 0.25) is 10.0 Å². The minimum atomic E-state index is -3.98.